The van der Waals surface area contributed by atoms with Gasteiger partial charge in [0.2, 0.25) is 5.88 Å². The highest BCUT2D eigenvalue weighted by Crippen LogP contribution is 2.12. The molecule has 4 heteroatoms. The second kappa shape index (κ2) is 3.71. The molecule has 1 aromatic rings. The first-order valence-corrected chi connectivity index (χ1v) is 3.68. The van der Waals surface area contributed by atoms with Crippen LogP contribution in [0.3, 0.4) is 0 Å². The van der Waals surface area contributed by atoms with Crippen molar-refractivity contribution in [1.29, 1.82) is 5.41 Å². The van der Waals surface area contributed by atoms with E-state index in [1.165, 1.54) is 0 Å². The van der Waals surface area contributed by atoms with Gasteiger partial charge in [-0.1, -0.05) is 0 Å². The smallest absolute Gasteiger partial charge is 0.224 e. The highest BCUT2D eigenvalue weighted by atomic mass is 16.5. The summed E-state index contributed by atoms with van der Waals surface area (Å²) < 4.78 is 5.17. The maximum atomic E-state index is 7.21. The van der Waals surface area contributed by atoms with Crippen LogP contribution in [-0.2, 0) is 0 Å². The van der Waals surface area contributed by atoms with E-state index < -0.39 is 0 Å². The van der Waals surface area contributed by atoms with E-state index in [2.05, 4.69) is 4.98 Å². The zero-order valence-corrected chi connectivity index (χ0v) is 6.87. The average molecular weight is 165 g/mol. The van der Waals surface area contributed by atoms with E-state index in [1.54, 1.807) is 18.3 Å². The Balaban J connectivity index is 3.00. The van der Waals surface area contributed by atoms with Gasteiger partial charge in [-0.05, 0) is 19.1 Å². The molecule has 64 valence electrons. The summed E-state index contributed by atoms with van der Waals surface area (Å²) in [6.07, 6.45) is 1.61. The van der Waals surface area contributed by atoms with Crippen LogP contribution in [-0.4, -0.2) is 17.4 Å². The van der Waals surface area contributed by atoms with Gasteiger partial charge in [0, 0.05) is 6.20 Å². The highest BCUT2D eigenvalue weighted by Gasteiger charge is 2.05. The Hall–Kier alpha value is -1.58. The lowest BCUT2D eigenvalue weighted by Crippen LogP contribution is -2.13. The average Bonchev–Trinajstić information content (AvgIpc) is 2.05. The van der Waals surface area contributed by atoms with Gasteiger partial charge in [-0.25, -0.2) is 4.98 Å². The first-order valence-electron chi connectivity index (χ1n) is 3.68. The molecule has 1 heterocycles. The minimum absolute atomic E-state index is 0.0217. The molecule has 0 bridgehead atoms. The molecule has 0 aliphatic heterocycles. The minimum atomic E-state index is -0.0217. The Labute approximate surface area is 70.9 Å². The summed E-state index contributed by atoms with van der Waals surface area (Å²) >= 11 is 0. The van der Waals surface area contributed by atoms with Gasteiger partial charge in [-0.15, -0.1) is 0 Å². The van der Waals surface area contributed by atoms with E-state index >= 15 is 0 Å². The van der Waals surface area contributed by atoms with E-state index in [4.69, 9.17) is 15.9 Å². The number of nitrogens with two attached hydrogens (primary N) is 1. The molecule has 0 spiro atoms. The minimum Gasteiger partial charge on any atom is -0.477 e. The third-order valence-corrected chi connectivity index (χ3v) is 1.34. The Morgan fingerprint density at radius 2 is 2.50 bits per heavy atom. The molecule has 0 saturated heterocycles. The van der Waals surface area contributed by atoms with Crippen molar-refractivity contribution in [3.63, 3.8) is 0 Å². The van der Waals surface area contributed by atoms with Gasteiger partial charge in [0.1, 0.15) is 5.84 Å². The molecule has 1 rings (SSSR count). The number of rotatable bonds is 3. The number of pyridine rings is 1. The molecule has 12 heavy (non-hydrogen) atoms. The second-order valence-corrected chi connectivity index (χ2v) is 2.20. The van der Waals surface area contributed by atoms with E-state index in [0.717, 1.165) is 0 Å². The van der Waals surface area contributed by atoms with Crippen molar-refractivity contribution in [1.82, 2.24) is 4.98 Å². The van der Waals surface area contributed by atoms with Crippen LogP contribution < -0.4 is 10.5 Å². The standard InChI is InChI=1S/C8H11N3O/c1-2-12-8-6(7(9)10)4-3-5-11-8/h3-5H,2H2,1H3,(H3,9,10). The molecule has 1 aromatic heterocycles. The lowest BCUT2D eigenvalue weighted by Gasteiger charge is -2.05. The topological polar surface area (TPSA) is 72.0 Å². The summed E-state index contributed by atoms with van der Waals surface area (Å²) in [6, 6.07) is 3.43. The number of aromatic nitrogens is 1. The van der Waals surface area contributed by atoms with Crippen molar-refractivity contribution >= 4 is 5.84 Å². The van der Waals surface area contributed by atoms with Crippen molar-refractivity contribution in [2.75, 3.05) is 6.61 Å². The summed E-state index contributed by atoms with van der Waals surface area (Å²) in [7, 11) is 0. The van der Waals surface area contributed by atoms with E-state index in [0.29, 0.717) is 18.1 Å². The molecule has 3 N–H and O–H groups in total. The fourth-order valence-corrected chi connectivity index (χ4v) is 0.848. The third-order valence-electron chi connectivity index (χ3n) is 1.34. The van der Waals surface area contributed by atoms with Crippen molar-refractivity contribution in [3.8, 4) is 5.88 Å². The van der Waals surface area contributed by atoms with Gasteiger partial charge in [0.05, 0.1) is 12.2 Å². The van der Waals surface area contributed by atoms with E-state index in [-0.39, 0.29) is 5.84 Å². The first kappa shape index (κ1) is 8.52. The highest BCUT2D eigenvalue weighted by molar-refractivity contribution is 5.96. The van der Waals surface area contributed by atoms with Gasteiger partial charge in [0.25, 0.3) is 0 Å². The molecule has 0 radical (unpaired) electrons. The Bertz CT molecular complexity index is 285. The van der Waals surface area contributed by atoms with Crippen molar-refractivity contribution in [2.24, 2.45) is 5.73 Å². The first-order chi connectivity index (χ1) is 5.75. The van der Waals surface area contributed by atoms with Crippen LogP contribution >= 0.6 is 0 Å². The van der Waals surface area contributed by atoms with Gasteiger partial charge >= 0.3 is 0 Å². The molecule has 0 atom stereocenters. The fraction of sp³-hybridized carbons (Fsp3) is 0.250. The second-order valence-electron chi connectivity index (χ2n) is 2.20. The summed E-state index contributed by atoms with van der Waals surface area (Å²) in [5, 5.41) is 7.21. The molecule has 0 aliphatic rings. The van der Waals surface area contributed by atoms with Crippen molar-refractivity contribution in [2.45, 2.75) is 6.92 Å². The Kier molecular flexibility index (Phi) is 2.63. The van der Waals surface area contributed by atoms with Crippen LogP contribution in [0.4, 0.5) is 0 Å². The summed E-state index contributed by atoms with van der Waals surface area (Å²) in [4.78, 5) is 3.95. The van der Waals surface area contributed by atoms with Crippen LogP contribution in [0.1, 0.15) is 12.5 Å². The maximum absolute atomic E-state index is 7.21. The largest absolute Gasteiger partial charge is 0.477 e. The molecule has 0 fully saturated rings. The zero-order chi connectivity index (χ0) is 8.97. The molecule has 0 aliphatic carbocycles. The zero-order valence-electron chi connectivity index (χ0n) is 6.87. The quantitative estimate of drug-likeness (QED) is 0.513. The molecule has 0 unspecified atom stereocenters. The summed E-state index contributed by atoms with van der Waals surface area (Å²) in [5.41, 5.74) is 5.85. The summed E-state index contributed by atoms with van der Waals surface area (Å²) in [5.74, 6) is 0.402. The molecule has 4 nitrogen and oxygen atoms in total. The number of ether oxygens (including phenoxy) is 1. The van der Waals surface area contributed by atoms with E-state index in [9.17, 15) is 0 Å². The van der Waals surface area contributed by atoms with Gasteiger partial charge < -0.3 is 10.5 Å². The van der Waals surface area contributed by atoms with Crippen LogP contribution in [0.25, 0.3) is 0 Å². The van der Waals surface area contributed by atoms with Crippen molar-refractivity contribution in [3.05, 3.63) is 23.9 Å². The Morgan fingerprint density at radius 3 is 3.08 bits per heavy atom. The van der Waals surface area contributed by atoms with Crippen LogP contribution in [0.2, 0.25) is 0 Å². The monoisotopic (exact) mass is 165 g/mol. The van der Waals surface area contributed by atoms with Crippen LogP contribution in [0.15, 0.2) is 18.3 Å². The predicted molar refractivity (Wildman–Crippen MR) is 46.4 cm³/mol. The number of nitrogens with one attached hydrogen (secondary N) is 1. The van der Waals surface area contributed by atoms with Gasteiger partial charge in [-0.3, -0.25) is 5.41 Å². The number of nitrogen functional groups attached to an aromatic ring is 1. The molecular weight excluding hydrogens is 154 g/mol. The Morgan fingerprint density at radius 1 is 1.75 bits per heavy atom. The van der Waals surface area contributed by atoms with Crippen LogP contribution in [0, 0.1) is 5.41 Å². The lowest BCUT2D eigenvalue weighted by molar-refractivity contribution is 0.326. The molecular formula is C8H11N3O. The maximum Gasteiger partial charge on any atom is 0.224 e. The third kappa shape index (κ3) is 1.72. The van der Waals surface area contributed by atoms with Gasteiger partial charge in [0.15, 0.2) is 0 Å². The number of nitrogens with zero attached hydrogens (tertiary/aromatic N) is 1. The fourth-order valence-electron chi connectivity index (χ4n) is 0.848. The van der Waals surface area contributed by atoms with E-state index in [1.807, 2.05) is 6.92 Å². The van der Waals surface area contributed by atoms with Gasteiger partial charge in [-0.2, -0.15) is 0 Å². The van der Waals surface area contributed by atoms with Crippen molar-refractivity contribution < 1.29 is 4.74 Å². The number of hydrogen-bond donors (Lipinski definition) is 2. The molecule has 0 saturated carbocycles. The molecule has 0 aromatic carbocycles. The summed E-state index contributed by atoms with van der Waals surface area (Å²) in [6.45, 7) is 2.38. The molecule has 0 amide bonds. The predicted octanol–water partition coefficient (Wildman–Crippen LogP) is 0.764. The normalized spacial score (nSPS) is 9.42. The number of amidine groups is 1. The van der Waals surface area contributed by atoms with Crippen LogP contribution in [0.5, 0.6) is 5.88 Å². The lowest BCUT2D eigenvalue weighted by atomic mass is 10.2. The SMILES string of the molecule is CCOc1ncccc1C(=N)N. The number of hydrogen-bond acceptors (Lipinski definition) is 3.